The standard InChI is InChI=1S/C16H16FN3/c1-2-9-20-15-8-7-13(18)10-14(15)19-16(20)11-3-5-12(17)6-4-11/h3-8,10H,2,9,18H2,1H3. The lowest BCUT2D eigenvalue weighted by molar-refractivity contribution is 0.628. The van der Waals surface area contributed by atoms with Crippen molar-refractivity contribution in [2.75, 3.05) is 5.73 Å². The van der Waals surface area contributed by atoms with Gasteiger partial charge < -0.3 is 10.3 Å². The predicted octanol–water partition coefficient (Wildman–Crippen LogP) is 3.83. The summed E-state index contributed by atoms with van der Waals surface area (Å²) in [5.41, 5.74) is 9.36. The smallest absolute Gasteiger partial charge is 0.141 e. The lowest BCUT2D eigenvalue weighted by Gasteiger charge is -2.07. The minimum Gasteiger partial charge on any atom is -0.399 e. The van der Waals surface area contributed by atoms with Gasteiger partial charge in [0.25, 0.3) is 0 Å². The molecule has 1 aromatic heterocycles. The second-order valence-electron chi connectivity index (χ2n) is 4.84. The number of hydrogen-bond donors (Lipinski definition) is 1. The number of aryl methyl sites for hydroxylation is 1. The van der Waals surface area contributed by atoms with Crippen molar-refractivity contribution in [3.8, 4) is 11.4 Å². The number of halogens is 1. The van der Waals surface area contributed by atoms with Gasteiger partial charge in [0.15, 0.2) is 0 Å². The maximum atomic E-state index is 13.1. The van der Waals surface area contributed by atoms with Gasteiger partial charge >= 0.3 is 0 Å². The van der Waals surface area contributed by atoms with E-state index in [1.807, 2.05) is 18.2 Å². The summed E-state index contributed by atoms with van der Waals surface area (Å²) < 4.78 is 15.2. The molecule has 0 atom stereocenters. The highest BCUT2D eigenvalue weighted by atomic mass is 19.1. The molecule has 0 saturated carbocycles. The summed E-state index contributed by atoms with van der Waals surface area (Å²) in [5.74, 6) is 0.614. The second-order valence-corrected chi connectivity index (χ2v) is 4.84. The zero-order valence-corrected chi connectivity index (χ0v) is 11.3. The number of nitrogens with two attached hydrogens (primary N) is 1. The van der Waals surface area contributed by atoms with Gasteiger partial charge in [0.1, 0.15) is 11.6 Å². The molecule has 0 radical (unpaired) electrons. The first kappa shape index (κ1) is 12.7. The number of hydrogen-bond acceptors (Lipinski definition) is 2. The molecule has 0 saturated heterocycles. The number of nitrogen functional groups attached to an aromatic ring is 1. The van der Waals surface area contributed by atoms with E-state index in [1.54, 1.807) is 12.1 Å². The van der Waals surface area contributed by atoms with Crippen molar-refractivity contribution >= 4 is 16.7 Å². The van der Waals surface area contributed by atoms with Crippen molar-refractivity contribution in [1.82, 2.24) is 9.55 Å². The Morgan fingerprint density at radius 1 is 1.15 bits per heavy atom. The van der Waals surface area contributed by atoms with Gasteiger partial charge in [0.2, 0.25) is 0 Å². The molecule has 3 rings (SSSR count). The van der Waals surface area contributed by atoms with E-state index in [4.69, 9.17) is 5.73 Å². The lowest BCUT2D eigenvalue weighted by Crippen LogP contribution is -1.99. The fourth-order valence-electron chi connectivity index (χ4n) is 2.42. The molecule has 0 aliphatic heterocycles. The van der Waals surface area contributed by atoms with E-state index in [0.717, 1.165) is 35.4 Å². The van der Waals surface area contributed by atoms with Gasteiger partial charge in [-0.25, -0.2) is 9.37 Å². The maximum absolute atomic E-state index is 13.1. The molecular formula is C16H16FN3. The Kier molecular flexibility index (Phi) is 3.14. The topological polar surface area (TPSA) is 43.8 Å². The molecule has 0 bridgehead atoms. The number of nitrogens with zero attached hydrogens (tertiary/aromatic N) is 2. The Bertz CT molecular complexity index is 744. The van der Waals surface area contributed by atoms with Crippen LogP contribution in [0.5, 0.6) is 0 Å². The highest BCUT2D eigenvalue weighted by molar-refractivity contribution is 5.83. The molecule has 0 aliphatic rings. The van der Waals surface area contributed by atoms with Gasteiger partial charge in [-0.15, -0.1) is 0 Å². The van der Waals surface area contributed by atoms with Gasteiger partial charge in [-0.1, -0.05) is 6.92 Å². The van der Waals surface area contributed by atoms with Crippen molar-refractivity contribution in [1.29, 1.82) is 0 Å². The van der Waals surface area contributed by atoms with Crippen LogP contribution in [0, 0.1) is 5.82 Å². The van der Waals surface area contributed by atoms with Crippen LogP contribution in [0.1, 0.15) is 13.3 Å². The number of fused-ring (bicyclic) bond motifs is 1. The second kappa shape index (κ2) is 4.96. The number of benzene rings is 2. The van der Waals surface area contributed by atoms with E-state index < -0.39 is 0 Å². The van der Waals surface area contributed by atoms with E-state index >= 15 is 0 Å². The zero-order valence-electron chi connectivity index (χ0n) is 11.3. The van der Waals surface area contributed by atoms with Crippen LogP contribution in [0.2, 0.25) is 0 Å². The summed E-state index contributed by atoms with van der Waals surface area (Å²) in [6, 6.07) is 12.2. The van der Waals surface area contributed by atoms with E-state index in [2.05, 4.69) is 16.5 Å². The monoisotopic (exact) mass is 269 g/mol. The van der Waals surface area contributed by atoms with Crippen molar-refractivity contribution in [2.45, 2.75) is 19.9 Å². The Hall–Kier alpha value is -2.36. The van der Waals surface area contributed by atoms with Gasteiger partial charge in [-0.05, 0) is 48.9 Å². The summed E-state index contributed by atoms with van der Waals surface area (Å²) in [6.07, 6.45) is 1.00. The van der Waals surface area contributed by atoms with Crippen molar-refractivity contribution in [3.05, 3.63) is 48.3 Å². The Labute approximate surface area is 116 Å². The molecule has 0 amide bonds. The van der Waals surface area contributed by atoms with Gasteiger partial charge in [-0.2, -0.15) is 0 Å². The summed E-state index contributed by atoms with van der Waals surface area (Å²) in [6.45, 7) is 2.99. The Balaban J connectivity index is 2.22. The molecule has 20 heavy (non-hydrogen) atoms. The fourth-order valence-corrected chi connectivity index (χ4v) is 2.42. The quantitative estimate of drug-likeness (QED) is 0.734. The number of aromatic nitrogens is 2. The molecule has 102 valence electrons. The molecule has 3 aromatic rings. The summed E-state index contributed by atoms with van der Waals surface area (Å²) in [5, 5.41) is 0. The third kappa shape index (κ3) is 2.13. The minimum absolute atomic E-state index is 0.240. The van der Waals surface area contributed by atoms with Crippen LogP contribution in [-0.4, -0.2) is 9.55 Å². The Morgan fingerprint density at radius 3 is 2.60 bits per heavy atom. The first-order chi connectivity index (χ1) is 9.69. The SMILES string of the molecule is CCCn1c(-c2ccc(F)cc2)nc2cc(N)ccc21. The van der Waals surface area contributed by atoms with E-state index in [1.165, 1.54) is 12.1 Å². The van der Waals surface area contributed by atoms with Crippen LogP contribution in [0.3, 0.4) is 0 Å². The van der Waals surface area contributed by atoms with Crippen molar-refractivity contribution < 1.29 is 4.39 Å². The number of anilines is 1. The zero-order chi connectivity index (χ0) is 14.1. The summed E-state index contributed by atoms with van der Waals surface area (Å²) in [4.78, 5) is 4.65. The highest BCUT2D eigenvalue weighted by Gasteiger charge is 2.12. The van der Waals surface area contributed by atoms with Gasteiger partial charge in [-0.3, -0.25) is 0 Å². The molecular weight excluding hydrogens is 253 g/mol. The van der Waals surface area contributed by atoms with Crippen molar-refractivity contribution in [3.63, 3.8) is 0 Å². The molecule has 2 aromatic carbocycles. The molecule has 2 N–H and O–H groups in total. The number of rotatable bonds is 3. The van der Waals surface area contributed by atoms with Crippen LogP contribution >= 0.6 is 0 Å². The van der Waals surface area contributed by atoms with Gasteiger partial charge in [0.05, 0.1) is 11.0 Å². The molecule has 0 unspecified atom stereocenters. The van der Waals surface area contributed by atoms with Crippen LogP contribution in [0.15, 0.2) is 42.5 Å². The van der Waals surface area contributed by atoms with Crippen molar-refractivity contribution in [2.24, 2.45) is 0 Å². The molecule has 0 fully saturated rings. The van der Waals surface area contributed by atoms with Crippen LogP contribution < -0.4 is 5.73 Å². The van der Waals surface area contributed by atoms with Crippen LogP contribution in [-0.2, 0) is 6.54 Å². The third-order valence-electron chi connectivity index (χ3n) is 3.32. The number of imidazole rings is 1. The highest BCUT2D eigenvalue weighted by Crippen LogP contribution is 2.26. The molecule has 4 heteroatoms. The average molecular weight is 269 g/mol. The maximum Gasteiger partial charge on any atom is 0.141 e. The first-order valence-corrected chi connectivity index (χ1v) is 6.70. The van der Waals surface area contributed by atoms with E-state index in [9.17, 15) is 4.39 Å². The molecule has 1 heterocycles. The largest absolute Gasteiger partial charge is 0.399 e. The fraction of sp³-hybridized carbons (Fsp3) is 0.188. The molecule has 0 aliphatic carbocycles. The summed E-state index contributed by atoms with van der Waals surface area (Å²) >= 11 is 0. The third-order valence-corrected chi connectivity index (χ3v) is 3.32. The van der Waals surface area contributed by atoms with Crippen LogP contribution in [0.25, 0.3) is 22.4 Å². The minimum atomic E-state index is -0.240. The summed E-state index contributed by atoms with van der Waals surface area (Å²) in [7, 11) is 0. The van der Waals surface area contributed by atoms with Crippen LogP contribution in [0.4, 0.5) is 10.1 Å². The predicted molar refractivity (Wildman–Crippen MR) is 79.8 cm³/mol. The molecule has 3 nitrogen and oxygen atoms in total. The molecule has 0 spiro atoms. The lowest BCUT2D eigenvalue weighted by atomic mass is 10.2. The van der Waals surface area contributed by atoms with E-state index in [-0.39, 0.29) is 5.82 Å². The Morgan fingerprint density at radius 2 is 1.90 bits per heavy atom. The average Bonchev–Trinajstić information content (AvgIpc) is 2.78. The van der Waals surface area contributed by atoms with E-state index in [0.29, 0.717) is 5.69 Å². The normalized spacial score (nSPS) is 11.1. The van der Waals surface area contributed by atoms with Gasteiger partial charge in [0, 0.05) is 17.8 Å². The first-order valence-electron chi connectivity index (χ1n) is 6.70.